The Morgan fingerprint density at radius 3 is 2.93 bits per heavy atom. The van der Waals surface area contributed by atoms with Crippen LogP contribution in [0.15, 0.2) is 4.99 Å². The molecule has 3 N–H and O–H groups in total. The summed E-state index contributed by atoms with van der Waals surface area (Å²) in [5.74, 6) is 1.10. The predicted molar refractivity (Wildman–Crippen MR) is 58.0 cm³/mol. The van der Waals surface area contributed by atoms with Crippen LogP contribution in [0.3, 0.4) is 0 Å². The first-order chi connectivity index (χ1) is 6.70. The molecule has 0 aliphatic carbocycles. The smallest absolute Gasteiger partial charge is 0.230 e. The zero-order chi connectivity index (χ0) is 10.1. The number of anilines is 2. The Labute approximate surface area is 86.0 Å². The molecule has 0 aromatic carbocycles. The molecule has 5 nitrogen and oxygen atoms in total. The van der Waals surface area contributed by atoms with Gasteiger partial charge in [-0.25, -0.2) is 9.98 Å². The molecule has 0 bridgehead atoms. The molecule has 0 fully saturated rings. The maximum atomic E-state index is 5.74. The Bertz CT molecular complexity index is 373. The Balaban J connectivity index is 2.32. The fourth-order valence-corrected chi connectivity index (χ4v) is 1.98. The molecule has 1 aliphatic rings. The lowest BCUT2D eigenvalue weighted by Crippen LogP contribution is -2.02. The Morgan fingerprint density at radius 1 is 1.64 bits per heavy atom. The van der Waals surface area contributed by atoms with E-state index in [-0.39, 0.29) is 6.04 Å². The molecule has 2 heterocycles. The van der Waals surface area contributed by atoms with Gasteiger partial charge in [0.25, 0.3) is 0 Å². The summed E-state index contributed by atoms with van der Waals surface area (Å²) in [7, 11) is 1.81. The molecule has 2 rings (SSSR count). The highest BCUT2D eigenvalue weighted by Crippen LogP contribution is 2.27. The molecule has 0 radical (unpaired) electrons. The lowest BCUT2D eigenvalue weighted by molar-refractivity contribution is 0.324. The van der Waals surface area contributed by atoms with Crippen LogP contribution in [0.5, 0.6) is 0 Å². The van der Waals surface area contributed by atoms with Gasteiger partial charge in [-0.15, -0.1) is 0 Å². The third-order valence-electron chi connectivity index (χ3n) is 1.86. The predicted octanol–water partition coefficient (Wildman–Crippen LogP) is 0.932. The molecule has 1 atom stereocenters. The van der Waals surface area contributed by atoms with Gasteiger partial charge in [0, 0.05) is 7.05 Å². The van der Waals surface area contributed by atoms with Crippen LogP contribution < -0.4 is 11.1 Å². The largest absolute Gasteiger partial charge is 0.475 e. The monoisotopic (exact) mass is 212 g/mol. The molecule has 1 aromatic heterocycles. The molecular weight excluding hydrogens is 200 g/mol. The summed E-state index contributed by atoms with van der Waals surface area (Å²) in [6.07, 6.45) is 0. The quantitative estimate of drug-likeness (QED) is 0.765. The second-order valence-corrected chi connectivity index (χ2v) is 4.08. The van der Waals surface area contributed by atoms with Crippen molar-refractivity contribution in [3.05, 3.63) is 4.88 Å². The zero-order valence-electron chi connectivity index (χ0n) is 8.07. The van der Waals surface area contributed by atoms with Gasteiger partial charge in [0.15, 0.2) is 5.13 Å². The van der Waals surface area contributed by atoms with E-state index in [1.807, 2.05) is 14.0 Å². The van der Waals surface area contributed by atoms with Crippen LogP contribution >= 0.6 is 11.3 Å². The van der Waals surface area contributed by atoms with E-state index < -0.39 is 0 Å². The van der Waals surface area contributed by atoms with Gasteiger partial charge in [0.1, 0.15) is 17.3 Å². The molecule has 76 valence electrons. The molecule has 1 aliphatic heterocycles. The lowest BCUT2D eigenvalue weighted by atomic mass is 10.4. The molecular formula is C8H12N4OS. The van der Waals surface area contributed by atoms with Crippen molar-refractivity contribution < 1.29 is 4.74 Å². The number of aliphatic imine (C=N–C) groups is 1. The number of rotatable bonds is 2. The summed E-state index contributed by atoms with van der Waals surface area (Å²) in [5.41, 5.74) is 5.74. The highest BCUT2D eigenvalue weighted by atomic mass is 32.1. The van der Waals surface area contributed by atoms with E-state index in [2.05, 4.69) is 15.3 Å². The van der Waals surface area contributed by atoms with Gasteiger partial charge >= 0.3 is 0 Å². The molecule has 1 aromatic rings. The highest BCUT2D eigenvalue weighted by molar-refractivity contribution is 7.18. The summed E-state index contributed by atoms with van der Waals surface area (Å²) in [6, 6.07) is 0.213. The Kier molecular flexibility index (Phi) is 2.28. The van der Waals surface area contributed by atoms with Gasteiger partial charge in [0.2, 0.25) is 5.90 Å². The third-order valence-corrected chi connectivity index (χ3v) is 2.94. The van der Waals surface area contributed by atoms with E-state index in [9.17, 15) is 0 Å². The fraction of sp³-hybridized carbons (Fsp3) is 0.500. The third kappa shape index (κ3) is 1.52. The first kappa shape index (κ1) is 9.26. The van der Waals surface area contributed by atoms with Gasteiger partial charge < -0.3 is 15.8 Å². The standard InChI is InChI=1S/C8H12N4OS/c1-4-3-13-7(11-4)5-6(9)12-8(10-2)14-5/h4H,3,9H2,1-2H3,(H,10,12). The second-order valence-electron chi connectivity index (χ2n) is 3.08. The fourth-order valence-electron chi connectivity index (χ4n) is 1.19. The van der Waals surface area contributed by atoms with Crippen molar-refractivity contribution in [2.45, 2.75) is 13.0 Å². The molecule has 0 saturated heterocycles. The van der Waals surface area contributed by atoms with Gasteiger partial charge in [-0.2, -0.15) is 0 Å². The van der Waals surface area contributed by atoms with Gasteiger partial charge in [-0.1, -0.05) is 11.3 Å². The Morgan fingerprint density at radius 2 is 2.43 bits per heavy atom. The van der Waals surface area contributed by atoms with E-state index in [1.165, 1.54) is 11.3 Å². The van der Waals surface area contributed by atoms with Crippen LogP contribution in [0, 0.1) is 0 Å². The van der Waals surface area contributed by atoms with Crippen molar-refractivity contribution in [2.75, 3.05) is 24.7 Å². The average molecular weight is 212 g/mol. The number of aromatic nitrogens is 1. The van der Waals surface area contributed by atoms with E-state index in [0.29, 0.717) is 18.3 Å². The summed E-state index contributed by atoms with van der Waals surface area (Å²) in [4.78, 5) is 9.27. The lowest BCUT2D eigenvalue weighted by Gasteiger charge is -1.96. The maximum Gasteiger partial charge on any atom is 0.230 e. The van der Waals surface area contributed by atoms with Crippen LogP contribution in [0.1, 0.15) is 11.8 Å². The minimum Gasteiger partial charge on any atom is -0.475 e. The van der Waals surface area contributed by atoms with Crippen molar-refractivity contribution in [2.24, 2.45) is 4.99 Å². The van der Waals surface area contributed by atoms with Gasteiger partial charge in [-0.3, -0.25) is 0 Å². The number of nitrogens with one attached hydrogen (secondary N) is 1. The Hall–Kier alpha value is -1.30. The van der Waals surface area contributed by atoms with Crippen LogP contribution in [-0.4, -0.2) is 30.6 Å². The molecule has 0 spiro atoms. The number of nitrogens with zero attached hydrogens (tertiary/aromatic N) is 2. The molecule has 1 unspecified atom stereocenters. The van der Waals surface area contributed by atoms with Crippen molar-refractivity contribution in [1.29, 1.82) is 0 Å². The number of thiazole rings is 1. The minimum atomic E-state index is 0.213. The normalized spacial score (nSPS) is 20.4. The second kappa shape index (κ2) is 3.45. The minimum absolute atomic E-state index is 0.213. The topological polar surface area (TPSA) is 72.5 Å². The molecule has 0 amide bonds. The van der Waals surface area contributed by atoms with Crippen LogP contribution in [-0.2, 0) is 4.74 Å². The highest BCUT2D eigenvalue weighted by Gasteiger charge is 2.21. The van der Waals surface area contributed by atoms with E-state index >= 15 is 0 Å². The number of nitrogen functional groups attached to an aromatic ring is 1. The molecule has 6 heteroatoms. The number of hydrogen-bond donors (Lipinski definition) is 2. The maximum absolute atomic E-state index is 5.74. The molecule has 0 saturated carbocycles. The average Bonchev–Trinajstić information content (AvgIpc) is 2.71. The molecule has 14 heavy (non-hydrogen) atoms. The first-order valence-electron chi connectivity index (χ1n) is 4.35. The number of nitrogens with two attached hydrogens (primary N) is 1. The zero-order valence-corrected chi connectivity index (χ0v) is 8.89. The number of ether oxygens (including phenoxy) is 1. The number of hydrogen-bond acceptors (Lipinski definition) is 6. The van der Waals surface area contributed by atoms with Crippen molar-refractivity contribution >= 4 is 28.2 Å². The summed E-state index contributed by atoms with van der Waals surface area (Å²) >= 11 is 1.46. The van der Waals surface area contributed by atoms with E-state index in [4.69, 9.17) is 10.5 Å². The van der Waals surface area contributed by atoms with Crippen molar-refractivity contribution in [3.8, 4) is 0 Å². The SMILES string of the molecule is CNc1nc(N)c(C2=NC(C)CO2)s1. The van der Waals surface area contributed by atoms with Crippen molar-refractivity contribution in [1.82, 2.24) is 4.98 Å². The van der Waals surface area contributed by atoms with Crippen LogP contribution in [0.2, 0.25) is 0 Å². The summed E-state index contributed by atoms with van der Waals surface area (Å²) < 4.78 is 5.40. The van der Waals surface area contributed by atoms with E-state index in [1.54, 1.807) is 0 Å². The summed E-state index contributed by atoms with van der Waals surface area (Å²) in [6.45, 7) is 2.63. The van der Waals surface area contributed by atoms with Crippen LogP contribution in [0.25, 0.3) is 0 Å². The van der Waals surface area contributed by atoms with Crippen LogP contribution in [0.4, 0.5) is 10.9 Å². The van der Waals surface area contributed by atoms with E-state index in [0.717, 1.165) is 10.0 Å². The van der Waals surface area contributed by atoms with Crippen molar-refractivity contribution in [3.63, 3.8) is 0 Å². The summed E-state index contributed by atoms with van der Waals surface area (Å²) in [5, 5.41) is 3.72. The van der Waals surface area contributed by atoms with Gasteiger partial charge in [0.05, 0.1) is 6.04 Å². The first-order valence-corrected chi connectivity index (χ1v) is 5.17. The van der Waals surface area contributed by atoms with Gasteiger partial charge in [-0.05, 0) is 6.92 Å².